The second-order valence-corrected chi connectivity index (χ2v) is 9.98. The quantitative estimate of drug-likeness (QED) is 0.278. The van der Waals surface area contributed by atoms with Crippen LogP contribution in [0.15, 0.2) is 71.3 Å². The number of nitrogens with one attached hydrogen (secondary N) is 1. The Labute approximate surface area is 232 Å². The van der Waals surface area contributed by atoms with Crippen molar-refractivity contribution in [2.45, 2.75) is 26.2 Å². The number of benzene rings is 3. The molecule has 1 aliphatic heterocycles. The summed E-state index contributed by atoms with van der Waals surface area (Å²) in [6, 6.07) is 21.8. The van der Waals surface area contributed by atoms with Gasteiger partial charge >= 0.3 is 6.03 Å². The smallest absolute Gasteiger partial charge is 0.321 e. The molecule has 2 amide bonds. The van der Waals surface area contributed by atoms with E-state index in [1.54, 1.807) is 7.11 Å². The molecule has 0 radical (unpaired) electrons. The van der Waals surface area contributed by atoms with Crippen LogP contribution in [-0.4, -0.2) is 59.3 Å². The van der Waals surface area contributed by atoms with E-state index in [4.69, 9.17) is 19.2 Å². The average Bonchev–Trinajstić information content (AvgIpc) is 3.25. The summed E-state index contributed by atoms with van der Waals surface area (Å²) in [7, 11) is 1.61. The fraction of sp³-hybridized carbons (Fsp3) is 0.290. The number of methoxy groups -OCH3 is 1. The van der Waals surface area contributed by atoms with E-state index in [-0.39, 0.29) is 6.03 Å². The van der Waals surface area contributed by atoms with Crippen molar-refractivity contribution in [2.75, 3.05) is 43.5 Å². The van der Waals surface area contributed by atoms with Crippen LogP contribution in [0.3, 0.4) is 0 Å². The molecular formula is C31H32N6O3. The molecular weight excluding hydrogens is 504 g/mol. The zero-order valence-electron chi connectivity index (χ0n) is 22.8. The maximum Gasteiger partial charge on any atom is 0.321 e. The first kappa shape index (κ1) is 25.6. The topological polar surface area (TPSA) is 96.6 Å². The van der Waals surface area contributed by atoms with Crippen molar-refractivity contribution < 1.29 is 14.1 Å². The number of carbonyl (C=O) groups excluding carboxylic acids is 1. The van der Waals surface area contributed by atoms with Crippen molar-refractivity contribution in [3.05, 3.63) is 72.6 Å². The second-order valence-electron chi connectivity index (χ2n) is 9.98. The molecule has 3 heterocycles. The second kappa shape index (κ2) is 11.2. The van der Waals surface area contributed by atoms with Crippen LogP contribution in [0.5, 0.6) is 5.75 Å². The number of aromatic nitrogens is 3. The van der Waals surface area contributed by atoms with Gasteiger partial charge in [0.2, 0.25) is 0 Å². The van der Waals surface area contributed by atoms with Crippen LogP contribution >= 0.6 is 0 Å². The maximum atomic E-state index is 13.1. The van der Waals surface area contributed by atoms with Crippen LogP contribution in [0, 0.1) is 0 Å². The normalized spacial score (nSPS) is 13.9. The molecule has 1 aliphatic rings. The van der Waals surface area contributed by atoms with E-state index in [2.05, 4.69) is 52.6 Å². The molecule has 0 atom stereocenters. The summed E-state index contributed by atoms with van der Waals surface area (Å²) >= 11 is 0. The van der Waals surface area contributed by atoms with Crippen LogP contribution in [0.2, 0.25) is 0 Å². The zero-order chi connectivity index (χ0) is 27.5. The van der Waals surface area contributed by atoms with Gasteiger partial charge in [0.05, 0.1) is 7.11 Å². The van der Waals surface area contributed by atoms with Crippen LogP contribution in [0.4, 0.5) is 16.3 Å². The number of hydrogen-bond acceptors (Lipinski definition) is 7. The minimum Gasteiger partial charge on any atom is -0.497 e. The standard InChI is InChI=1S/C31H32N6O3/c1-3-8-26-33-29(27-28(35-40-30(27)34-26)23-14-13-21-9-4-5-10-22(21)19-23)36-15-7-16-37(18-17-36)31(38)32-24-11-6-12-25(20-24)39-2/h4-6,9-14,19-20H,3,7-8,15-18H2,1-2H3,(H,32,38). The lowest BCUT2D eigenvalue weighted by atomic mass is 10.0. The number of anilines is 2. The summed E-state index contributed by atoms with van der Waals surface area (Å²) in [6.07, 6.45) is 2.48. The Morgan fingerprint density at radius 2 is 1.85 bits per heavy atom. The highest BCUT2D eigenvalue weighted by molar-refractivity contribution is 6.00. The van der Waals surface area contributed by atoms with E-state index in [0.29, 0.717) is 36.8 Å². The summed E-state index contributed by atoms with van der Waals surface area (Å²) < 4.78 is 11.1. The number of ether oxygens (including phenoxy) is 1. The van der Waals surface area contributed by atoms with E-state index in [1.807, 2.05) is 41.3 Å². The van der Waals surface area contributed by atoms with Gasteiger partial charge < -0.3 is 24.4 Å². The van der Waals surface area contributed by atoms with Crippen LogP contribution in [0.1, 0.15) is 25.6 Å². The van der Waals surface area contributed by atoms with Crippen molar-refractivity contribution in [1.29, 1.82) is 0 Å². The highest BCUT2D eigenvalue weighted by Gasteiger charge is 2.26. The molecule has 1 saturated heterocycles. The lowest BCUT2D eigenvalue weighted by molar-refractivity contribution is 0.215. The summed E-state index contributed by atoms with van der Waals surface area (Å²) in [5, 5.41) is 10.6. The molecule has 9 nitrogen and oxygen atoms in total. The third kappa shape index (κ3) is 5.14. The number of fused-ring (bicyclic) bond motifs is 2. The van der Waals surface area contributed by atoms with Gasteiger partial charge in [-0.05, 0) is 41.8 Å². The van der Waals surface area contributed by atoms with E-state index in [0.717, 1.165) is 59.5 Å². The van der Waals surface area contributed by atoms with Crippen LogP contribution < -0.4 is 15.0 Å². The monoisotopic (exact) mass is 536 g/mol. The van der Waals surface area contributed by atoms with Gasteiger partial charge in [-0.25, -0.2) is 9.78 Å². The fourth-order valence-electron chi connectivity index (χ4n) is 5.21. The maximum absolute atomic E-state index is 13.1. The van der Waals surface area contributed by atoms with E-state index >= 15 is 0 Å². The van der Waals surface area contributed by atoms with Gasteiger partial charge in [0.15, 0.2) is 0 Å². The number of aryl methyl sites for hydroxylation is 1. The Morgan fingerprint density at radius 3 is 2.70 bits per heavy atom. The minimum absolute atomic E-state index is 0.128. The predicted octanol–water partition coefficient (Wildman–Crippen LogP) is 6.14. The zero-order valence-corrected chi connectivity index (χ0v) is 22.8. The highest BCUT2D eigenvalue weighted by Crippen LogP contribution is 2.35. The molecule has 1 fully saturated rings. The summed E-state index contributed by atoms with van der Waals surface area (Å²) in [6.45, 7) is 4.69. The van der Waals surface area contributed by atoms with Crippen molar-refractivity contribution >= 4 is 39.4 Å². The van der Waals surface area contributed by atoms with Crippen LogP contribution in [0.25, 0.3) is 33.1 Å². The van der Waals surface area contributed by atoms with Crippen molar-refractivity contribution in [1.82, 2.24) is 20.0 Å². The predicted molar refractivity (Wildman–Crippen MR) is 157 cm³/mol. The largest absolute Gasteiger partial charge is 0.497 e. The van der Waals surface area contributed by atoms with E-state index < -0.39 is 0 Å². The molecule has 5 aromatic rings. The molecule has 0 aliphatic carbocycles. The number of carbonyl (C=O) groups is 1. The Kier molecular flexibility index (Phi) is 7.18. The van der Waals surface area contributed by atoms with Gasteiger partial charge in [-0.3, -0.25) is 0 Å². The average molecular weight is 537 g/mol. The van der Waals surface area contributed by atoms with E-state index in [1.165, 1.54) is 5.39 Å². The van der Waals surface area contributed by atoms with Gasteiger partial charge in [-0.1, -0.05) is 54.5 Å². The molecule has 204 valence electrons. The molecule has 3 aromatic carbocycles. The van der Waals surface area contributed by atoms with Crippen molar-refractivity contribution in [3.63, 3.8) is 0 Å². The first-order chi connectivity index (χ1) is 19.6. The van der Waals surface area contributed by atoms with Gasteiger partial charge in [0.25, 0.3) is 5.71 Å². The van der Waals surface area contributed by atoms with Gasteiger partial charge in [-0.15, -0.1) is 0 Å². The van der Waals surface area contributed by atoms with Gasteiger partial charge in [-0.2, -0.15) is 4.98 Å². The van der Waals surface area contributed by atoms with Crippen LogP contribution in [-0.2, 0) is 6.42 Å². The molecule has 0 saturated carbocycles. The highest BCUT2D eigenvalue weighted by atomic mass is 16.5. The van der Waals surface area contributed by atoms with Gasteiger partial charge in [0, 0.05) is 49.9 Å². The molecule has 40 heavy (non-hydrogen) atoms. The lowest BCUT2D eigenvalue weighted by Gasteiger charge is -2.24. The van der Waals surface area contributed by atoms with Crippen molar-refractivity contribution in [2.24, 2.45) is 0 Å². The third-order valence-corrected chi connectivity index (χ3v) is 7.26. The number of nitrogens with zero attached hydrogens (tertiary/aromatic N) is 5. The Bertz CT molecular complexity index is 1670. The van der Waals surface area contributed by atoms with E-state index in [9.17, 15) is 4.79 Å². The molecule has 2 aromatic heterocycles. The number of amides is 2. The molecule has 0 spiro atoms. The first-order valence-corrected chi connectivity index (χ1v) is 13.7. The molecule has 0 unspecified atom stereocenters. The SMILES string of the molecule is CCCc1nc(N2CCCN(C(=O)Nc3cccc(OC)c3)CC2)c2c(-c3ccc4ccccc4c3)noc2n1. The Balaban J connectivity index is 1.30. The van der Waals surface area contributed by atoms with Gasteiger partial charge in [0.1, 0.15) is 28.5 Å². The number of hydrogen-bond donors (Lipinski definition) is 1. The Hall–Kier alpha value is -4.66. The molecule has 6 rings (SSSR count). The number of rotatable bonds is 6. The number of urea groups is 1. The summed E-state index contributed by atoms with van der Waals surface area (Å²) in [5.41, 5.74) is 2.89. The molecule has 9 heteroatoms. The summed E-state index contributed by atoms with van der Waals surface area (Å²) in [5.74, 6) is 2.25. The lowest BCUT2D eigenvalue weighted by Crippen LogP contribution is -2.38. The first-order valence-electron chi connectivity index (χ1n) is 13.7. The molecule has 0 bridgehead atoms. The Morgan fingerprint density at radius 1 is 0.975 bits per heavy atom. The minimum atomic E-state index is -0.128. The third-order valence-electron chi connectivity index (χ3n) is 7.26. The van der Waals surface area contributed by atoms with Crippen molar-refractivity contribution in [3.8, 4) is 17.0 Å². The fourth-order valence-corrected chi connectivity index (χ4v) is 5.21. The molecule has 1 N–H and O–H groups in total. The summed E-state index contributed by atoms with van der Waals surface area (Å²) in [4.78, 5) is 26.9.